The summed E-state index contributed by atoms with van der Waals surface area (Å²) in [5.74, 6) is -0.516. The van der Waals surface area contributed by atoms with Gasteiger partial charge in [0.2, 0.25) is 0 Å². The van der Waals surface area contributed by atoms with Gasteiger partial charge in [0.1, 0.15) is 11.4 Å². The highest BCUT2D eigenvalue weighted by atomic mass is 16.5. The van der Waals surface area contributed by atoms with Crippen molar-refractivity contribution in [3.63, 3.8) is 0 Å². The number of ketones is 1. The van der Waals surface area contributed by atoms with Crippen LogP contribution < -0.4 is 0 Å². The van der Waals surface area contributed by atoms with Crippen molar-refractivity contribution in [2.75, 3.05) is 6.61 Å². The Labute approximate surface area is 119 Å². The van der Waals surface area contributed by atoms with Crippen LogP contribution in [0, 0.1) is 5.41 Å². The zero-order valence-electron chi connectivity index (χ0n) is 12.4. The van der Waals surface area contributed by atoms with Crippen LogP contribution in [0.2, 0.25) is 0 Å². The lowest BCUT2D eigenvalue weighted by Gasteiger charge is -2.43. The van der Waals surface area contributed by atoms with Crippen molar-refractivity contribution in [3.05, 3.63) is 23.3 Å². The lowest BCUT2D eigenvalue weighted by Crippen LogP contribution is -2.51. The van der Waals surface area contributed by atoms with Gasteiger partial charge in [0, 0.05) is 6.42 Å². The normalized spacial score (nSPS) is 32.5. The van der Waals surface area contributed by atoms with Gasteiger partial charge in [-0.15, -0.1) is 0 Å². The van der Waals surface area contributed by atoms with E-state index in [2.05, 4.69) is 0 Å². The molecule has 2 aliphatic rings. The van der Waals surface area contributed by atoms with Crippen molar-refractivity contribution < 1.29 is 19.4 Å². The second kappa shape index (κ2) is 5.17. The largest absolute Gasteiger partial charge is 0.463 e. The first kappa shape index (κ1) is 15.0. The SMILES string of the molecule is CCCC1=CC=C(C(=O)OCC)[C@@]2(O)CCC(=O)[C@@]12C. The molecule has 0 unspecified atom stereocenters. The van der Waals surface area contributed by atoms with Crippen LogP contribution in [0.25, 0.3) is 0 Å². The lowest BCUT2D eigenvalue weighted by atomic mass is 9.63. The average molecular weight is 278 g/mol. The van der Waals surface area contributed by atoms with Gasteiger partial charge in [-0.1, -0.05) is 25.0 Å². The second-order valence-corrected chi connectivity index (χ2v) is 5.65. The van der Waals surface area contributed by atoms with Crippen LogP contribution in [0.4, 0.5) is 0 Å². The molecule has 110 valence electrons. The molecule has 0 bridgehead atoms. The Balaban J connectivity index is 2.51. The van der Waals surface area contributed by atoms with Crippen molar-refractivity contribution in [2.24, 2.45) is 5.41 Å². The van der Waals surface area contributed by atoms with E-state index in [1.807, 2.05) is 13.0 Å². The standard InChI is InChI=1S/C16H22O4/c1-4-6-11-7-8-12(14(18)20-5-2)16(19)10-9-13(17)15(11,16)3/h7-8,19H,4-6,9-10H2,1-3H3/t15-,16+/m1/s1. The van der Waals surface area contributed by atoms with E-state index in [0.717, 1.165) is 18.4 Å². The van der Waals surface area contributed by atoms with E-state index >= 15 is 0 Å². The Morgan fingerprint density at radius 1 is 1.40 bits per heavy atom. The minimum Gasteiger partial charge on any atom is -0.463 e. The van der Waals surface area contributed by atoms with E-state index in [1.165, 1.54) is 0 Å². The number of ether oxygens (including phenoxy) is 1. The molecule has 1 fully saturated rings. The van der Waals surface area contributed by atoms with E-state index in [4.69, 9.17) is 4.74 Å². The third-order valence-electron chi connectivity index (χ3n) is 4.65. The molecule has 1 N–H and O–H groups in total. The fraction of sp³-hybridized carbons (Fsp3) is 0.625. The molecular formula is C16H22O4. The number of allylic oxidation sites excluding steroid dienone is 2. The fourth-order valence-corrected chi connectivity index (χ4v) is 3.41. The van der Waals surface area contributed by atoms with Crippen LogP contribution in [0.15, 0.2) is 23.3 Å². The van der Waals surface area contributed by atoms with Crippen molar-refractivity contribution in [3.8, 4) is 0 Å². The number of aliphatic hydroxyl groups is 1. The molecule has 4 nitrogen and oxygen atoms in total. The molecule has 0 aliphatic heterocycles. The van der Waals surface area contributed by atoms with E-state index < -0.39 is 17.0 Å². The van der Waals surface area contributed by atoms with E-state index in [0.29, 0.717) is 6.42 Å². The summed E-state index contributed by atoms with van der Waals surface area (Å²) in [6.45, 7) is 5.77. The smallest absolute Gasteiger partial charge is 0.336 e. The molecule has 2 atom stereocenters. The third kappa shape index (κ3) is 1.85. The summed E-state index contributed by atoms with van der Waals surface area (Å²) in [4.78, 5) is 24.4. The number of fused-ring (bicyclic) bond motifs is 1. The molecule has 0 aromatic rings. The Morgan fingerprint density at radius 2 is 2.10 bits per heavy atom. The maximum absolute atomic E-state index is 12.4. The Kier molecular flexibility index (Phi) is 3.87. The van der Waals surface area contributed by atoms with E-state index in [-0.39, 0.29) is 24.4 Å². The van der Waals surface area contributed by atoms with Crippen molar-refractivity contribution >= 4 is 11.8 Å². The number of esters is 1. The summed E-state index contributed by atoms with van der Waals surface area (Å²) in [5, 5.41) is 11.1. The Morgan fingerprint density at radius 3 is 2.70 bits per heavy atom. The number of rotatable bonds is 4. The number of hydrogen-bond donors (Lipinski definition) is 1. The van der Waals surface area contributed by atoms with E-state index in [9.17, 15) is 14.7 Å². The molecule has 0 aromatic carbocycles. The van der Waals surface area contributed by atoms with Crippen LogP contribution in [0.5, 0.6) is 0 Å². The second-order valence-electron chi connectivity index (χ2n) is 5.65. The zero-order valence-corrected chi connectivity index (χ0v) is 12.4. The number of hydrogen-bond acceptors (Lipinski definition) is 4. The first-order valence-electron chi connectivity index (χ1n) is 7.26. The van der Waals surface area contributed by atoms with Crippen molar-refractivity contribution in [1.82, 2.24) is 0 Å². The third-order valence-corrected chi connectivity index (χ3v) is 4.65. The first-order chi connectivity index (χ1) is 9.41. The molecular weight excluding hydrogens is 256 g/mol. The number of Topliss-reactive ketones (excluding diaryl/α,β-unsaturated/α-hetero) is 1. The fourth-order valence-electron chi connectivity index (χ4n) is 3.41. The molecule has 0 aromatic heterocycles. The molecule has 0 heterocycles. The molecule has 2 aliphatic carbocycles. The van der Waals surface area contributed by atoms with Gasteiger partial charge in [0.05, 0.1) is 17.6 Å². The molecule has 0 saturated heterocycles. The summed E-state index contributed by atoms with van der Waals surface area (Å²) < 4.78 is 5.02. The predicted molar refractivity (Wildman–Crippen MR) is 75.0 cm³/mol. The average Bonchev–Trinajstić information content (AvgIpc) is 2.65. The molecule has 0 spiro atoms. The molecule has 0 amide bonds. The zero-order chi connectivity index (χ0) is 15.0. The van der Waals surface area contributed by atoms with Gasteiger partial charge >= 0.3 is 5.97 Å². The van der Waals surface area contributed by atoms with Crippen LogP contribution in [-0.4, -0.2) is 29.1 Å². The van der Waals surface area contributed by atoms with Crippen molar-refractivity contribution in [2.45, 2.75) is 52.1 Å². The van der Waals surface area contributed by atoms with Gasteiger partial charge in [-0.05, 0) is 32.8 Å². The first-order valence-corrected chi connectivity index (χ1v) is 7.26. The summed E-state index contributed by atoms with van der Waals surface area (Å²) in [5.41, 5.74) is -1.28. The Bertz CT molecular complexity index is 503. The Hall–Kier alpha value is -1.42. The molecule has 2 rings (SSSR count). The summed E-state index contributed by atoms with van der Waals surface area (Å²) in [6, 6.07) is 0. The molecule has 20 heavy (non-hydrogen) atoms. The summed E-state index contributed by atoms with van der Waals surface area (Å²) in [6.07, 6.45) is 5.67. The minimum atomic E-state index is -1.42. The van der Waals surface area contributed by atoms with Gasteiger partial charge < -0.3 is 9.84 Å². The summed E-state index contributed by atoms with van der Waals surface area (Å²) >= 11 is 0. The lowest BCUT2D eigenvalue weighted by molar-refractivity contribution is -0.144. The van der Waals surface area contributed by atoms with Crippen LogP contribution in [0.3, 0.4) is 0 Å². The molecule has 4 heteroatoms. The van der Waals surface area contributed by atoms with Gasteiger partial charge in [0.25, 0.3) is 0 Å². The van der Waals surface area contributed by atoms with Gasteiger partial charge in [0.15, 0.2) is 0 Å². The van der Waals surface area contributed by atoms with Crippen LogP contribution >= 0.6 is 0 Å². The predicted octanol–water partition coefficient (Wildman–Crippen LogP) is 2.32. The van der Waals surface area contributed by atoms with Gasteiger partial charge in [-0.2, -0.15) is 0 Å². The highest BCUT2D eigenvalue weighted by Gasteiger charge is 2.62. The molecule has 1 saturated carbocycles. The highest BCUT2D eigenvalue weighted by Crippen LogP contribution is 2.55. The molecule has 0 radical (unpaired) electrons. The van der Waals surface area contributed by atoms with Crippen LogP contribution in [0.1, 0.15) is 46.5 Å². The maximum Gasteiger partial charge on any atom is 0.336 e. The highest BCUT2D eigenvalue weighted by molar-refractivity contribution is 6.00. The minimum absolute atomic E-state index is 0.00889. The topological polar surface area (TPSA) is 63.6 Å². The monoisotopic (exact) mass is 278 g/mol. The van der Waals surface area contributed by atoms with Crippen molar-refractivity contribution in [1.29, 1.82) is 0 Å². The van der Waals surface area contributed by atoms with Crippen LogP contribution in [-0.2, 0) is 14.3 Å². The van der Waals surface area contributed by atoms with Gasteiger partial charge in [-0.25, -0.2) is 4.79 Å². The quantitative estimate of drug-likeness (QED) is 0.802. The number of carbonyl (C=O) groups excluding carboxylic acids is 2. The van der Waals surface area contributed by atoms with Gasteiger partial charge in [-0.3, -0.25) is 4.79 Å². The summed E-state index contributed by atoms with van der Waals surface area (Å²) in [7, 11) is 0. The number of carbonyl (C=O) groups is 2. The maximum atomic E-state index is 12.4. The van der Waals surface area contributed by atoms with E-state index in [1.54, 1.807) is 19.9 Å².